The van der Waals surface area contributed by atoms with Crippen LogP contribution in [-0.4, -0.2) is 12.6 Å². The van der Waals surface area contributed by atoms with Crippen molar-refractivity contribution in [1.82, 2.24) is 5.32 Å². The summed E-state index contributed by atoms with van der Waals surface area (Å²) in [6.07, 6.45) is 3.51. The van der Waals surface area contributed by atoms with Gasteiger partial charge in [0.1, 0.15) is 0 Å². The number of nitrogens with one attached hydrogen (secondary N) is 1. The van der Waals surface area contributed by atoms with Gasteiger partial charge in [0.2, 0.25) is 0 Å². The zero-order valence-corrected chi connectivity index (χ0v) is 13.2. The summed E-state index contributed by atoms with van der Waals surface area (Å²) in [5.74, 6) is 0. The highest BCUT2D eigenvalue weighted by atomic mass is 35.5. The van der Waals surface area contributed by atoms with Crippen molar-refractivity contribution in [3.8, 4) is 0 Å². The van der Waals surface area contributed by atoms with E-state index in [9.17, 15) is 0 Å². The zero-order valence-electron chi connectivity index (χ0n) is 12.5. The molecule has 1 atom stereocenters. The number of hydrogen-bond acceptors (Lipinski definition) is 1. The Morgan fingerprint density at radius 3 is 2.33 bits per heavy atom. The van der Waals surface area contributed by atoms with E-state index in [1.54, 1.807) is 0 Å². The molecule has 2 aromatic rings. The number of hydrogen-bond donors (Lipinski definition) is 1. The molecular weight excluding hydrogens is 278 g/mol. The van der Waals surface area contributed by atoms with Gasteiger partial charge in [-0.3, -0.25) is 0 Å². The maximum Gasteiger partial charge on any atom is 0.0438 e. The molecule has 0 amide bonds. The Labute approximate surface area is 132 Å². The van der Waals surface area contributed by atoms with Crippen LogP contribution in [0.4, 0.5) is 0 Å². The lowest BCUT2D eigenvalue weighted by Crippen LogP contribution is -2.41. The maximum absolute atomic E-state index is 6.36. The minimum absolute atomic E-state index is 0.288. The minimum Gasteiger partial charge on any atom is -0.313 e. The van der Waals surface area contributed by atoms with E-state index in [4.69, 9.17) is 11.6 Å². The lowest BCUT2D eigenvalue weighted by molar-refractivity contribution is 0.421. The van der Waals surface area contributed by atoms with E-state index in [-0.39, 0.29) is 5.41 Å². The average Bonchev–Trinajstić information content (AvgIpc) is 3.32. The molecule has 0 spiro atoms. The van der Waals surface area contributed by atoms with E-state index in [0.29, 0.717) is 6.04 Å². The SMILES string of the molecule is CCNC(Cc1ccccc1Cl)C1(c2ccccc2)CC1. The van der Waals surface area contributed by atoms with E-state index in [1.165, 1.54) is 24.0 Å². The van der Waals surface area contributed by atoms with Crippen LogP contribution < -0.4 is 5.32 Å². The van der Waals surface area contributed by atoms with E-state index in [1.807, 2.05) is 12.1 Å². The van der Waals surface area contributed by atoms with Crippen molar-refractivity contribution in [3.05, 3.63) is 70.7 Å². The van der Waals surface area contributed by atoms with Gasteiger partial charge in [-0.1, -0.05) is 67.1 Å². The Kier molecular flexibility index (Phi) is 4.32. The number of likely N-dealkylation sites (N-methyl/N-ethyl adjacent to an activating group) is 1. The summed E-state index contributed by atoms with van der Waals surface area (Å²) in [6, 6.07) is 19.6. The molecule has 2 heteroatoms. The molecule has 1 nitrogen and oxygen atoms in total. The second-order valence-electron chi connectivity index (χ2n) is 5.93. The van der Waals surface area contributed by atoms with Crippen LogP contribution in [0.2, 0.25) is 5.02 Å². The molecule has 0 saturated heterocycles. The number of rotatable bonds is 6. The Morgan fingerprint density at radius 1 is 1.05 bits per heavy atom. The van der Waals surface area contributed by atoms with Crippen LogP contribution in [-0.2, 0) is 11.8 Å². The van der Waals surface area contributed by atoms with E-state index in [2.05, 4.69) is 54.7 Å². The Hall–Kier alpha value is -1.31. The lowest BCUT2D eigenvalue weighted by atomic mass is 9.84. The third-order valence-electron chi connectivity index (χ3n) is 4.64. The molecule has 1 N–H and O–H groups in total. The highest BCUT2D eigenvalue weighted by Crippen LogP contribution is 2.51. The molecule has 1 unspecified atom stereocenters. The Bertz CT molecular complexity index is 590. The van der Waals surface area contributed by atoms with Gasteiger partial charge in [-0.05, 0) is 43.0 Å². The smallest absolute Gasteiger partial charge is 0.0438 e. The topological polar surface area (TPSA) is 12.0 Å². The van der Waals surface area contributed by atoms with Crippen LogP contribution >= 0.6 is 11.6 Å². The third-order valence-corrected chi connectivity index (χ3v) is 5.01. The molecule has 1 saturated carbocycles. The van der Waals surface area contributed by atoms with Crippen LogP contribution in [0, 0.1) is 0 Å². The van der Waals surface area contributed by atoms with Gasteiger partial charge in [0, 0.05) is 16.5 Å². The average molecular weight is 300 g/mol. The van der Waals surface area contributed by atoms with Crippen molar-refractivity contribution in [2.24, 2.45) is 0 Å². The first-order valence-electron chi connectivity index (χ1n) is 7.78. The van der Waals surface area contributed by atoms with Crippen molar-refractivity contribution in [3.63, 3.8) is 0 Å². The summed E-state index contributed by atoms with van der Waals surface area (Å²) >= 11 is 6.36. The van der Waals surface area contributed by atoms with Crippen LogP contribution in [0.1, 0.15) is 30.9 Å². The summed E-state index contributed by atoms with van der Waals surface area (Å²) in [6.45, 7) is 3.17. The van der Waals surface area contributed by atoms with Crippen molar-refractivity contribution < 1.29 is 0 Å². The van der Waals surface area contributed by atoms with Gasteiger partial charge in [-0.25, -0.2) is 0 Å². The second-order valence-corrected chi connectivity index (χ2v) is 6.34. The van der Waals surface area contributed by atoms with E-state index < -0.39 is 0 Å². The summed E-state index contributed by atoms with van der Waals surface area (Å²) in [5, 5.41) is 4.58. The summed E-state index contributed by atoms with van der Waals surface area (Å²) in [5.41, 5.74) is 2.99. The van der Waals surface area contributed by atoms with Gasteiger partial charge in [-0.2, -0.15) is 0 Å². The minimum atomic E-state index is 0.288. The fraction of sp³-hybridized carbons (Fsp3) is 0.368. The zero-order chi connectivity index (χ0) is 14.7. The standard InChI is InChI=1S/C19H22ClN/c1-2-21-18(14-15-8-6-7-11-17(15)20)19(12-13-19)16-9-4-3-5-10-16/h3-11,18,21H,2,12-14H2,1H3. The second kappa shape index (κ2) is 6.21. The van der Waals surface area contributed by atoms with Gasteiger partial charge in [0.25, 0.3) is 0 Å². The molecule has 1 aliphatic rings. The third kappa shape index (κ3) is 3.00. The molecule has 21 heavy (non-hydrogen) atoms. The predicted octanol–water partition coefficient (Wildman–Crippen LogP) is 4.59. The van der Waals surface area contributed by atoms with Gasteiger partial charge >= 0.3 is 0 Å². The Balaban J connectivity index is 1.87. The molecule has 110 valence electrons. The summed E-state index contributed by atoms with van der Waals surface area (Å²) < 4.78 is 0. The molecule has 0 radical (unpaired) electrons. The predicted molar refractivity (Wildman–Crippen MR) is 90.0 cm³/mol. The maximum atomic E-state index is 6.36. The van der Waals surface area contributed by atoms with Crippen LogP contribution in [0.5, 0.6) is 0 Å². The molecule has 0 heterocycles. The molecule has 2 aromatic carbocycles. The van der Waals surface area contributed by atoms with Gasteiger partial charge in [-0.15, -0.1) is 0 Å². The molecule has 0 aromatic heterocycles. The summed E-state index contributed by atoms with van der Waals surface area (Å²) in [7, 11) is 0. The molecule has 3 rings (SSSR count). The monoisotopic (exact) mass is 299 g/mol. The first-order valence-corrected chi connectivity index (χ1v) is 8.16. The fourth-order valence-electron chi connectivity index (χ4n) is 3.34. The first kappa shape index (κ1) is 14.6. The normalized spacial score (nSPS) is 17.4. The summed E-state index contributed by atoms with van der Waals surface area (Å²) in [4.78, 5) is 0. The van der Waals surface area contributed by atoms with Crippen LogP contribution in [0.25, 0.3) is 0 Å². The highest BCUT2D eigenvalue weighted by Gasteiger charge is 2.50. The van der Waals surface area contributed by atoms with E-state index in [0.717, 1.165) is 18.0 Å². The van der Waals surface area contributed by atoms with E-state index >= 15 is 0 Å². The fourth-order valence-corrected chi connectivity index (χ4v) is 3.55. The lowest BCUT2D eigenvalue weighted by Gasteiger charge is -2.29. The van der Waals surface area contributed by atoms with Gasteiger partial charge in [0.05, 0.1) is 0 Å². The van der Waals surface area contributed by atoms with Crippen molar-refractivity contribution in [2.45, 2.75) is 37.6 Å². The molecule has 0 bridgehead atoms. The molecule has 1 fully saturated rings. The molecule has 1 aliphatic carbocycles. The number of benzene rings is 2. The van der Waals surface area contributed by atoms with Gasteiger partial charge in [0.15, 0.2) is 0 Å². The van der Waals surface area contributed by atoms with Crippen molar-refractivity contribution >= 4 is 11.6 Å². The molecule has 0 aliphatic heterocycles. The number of halogens is 1. The first-order chi connectivity index (χ1) is 10.3. The highest BCUT2D eigenvalue weighted by molar-refractivity contribution is 6.31. The van der Waals surface area contributed by atoms with Crippen molar-refractivity contribution in [2.75, 3.05) is 6.54 Å². The van der Waals surface area contributed by atoms with Crippen LogP contribution in [0.3, 0.4) is 0 Å². The van der Waals surface area contributed by atoms with Crippen molar-refractivity contribution in [1.29, 1.82) is 0 Å². The van der Waals surface area contributed by atoms with Gasteiger partial charge < -0.3 is 5.32 Å². The quantitative estimate of drug-likeness (QED) is 0.822. The largest absolute Gasteiger partial charge is 0.313 e. The Morgan fingerprint density at radius 2 is 1.71 bits per heavy atom. The van der Waals surface area contributed by atoms with Crippen LogP contribution in [0.15, 0.2) is 54.6 Å². The molecular formula is C19H22ClN.